The molecule has 1 aromatic rings. The van der Waals surface area contributed by atoms with E-state index in [4.69, 9.17) is 10.5 Å². The lowest BCUT2D eigenvalue weighted by molar-refractivity contribution is 0.0529. The summed E-state index contributed by atoms with van der Waals surface area (Å²) in [4.78, 5) is 6.72. The SMILES string of the molecule is C[C@@H]1CN(c2cc(C3CC3)cc(N)n2)CCO1. The summed E-state index contributed by atoms with van der Waals surface area (Å²) < 4.78 is 5.55. The summed E-state index contributed by atoms with van der Waals surface area (Å²) >= 11 is 0. The lowest BCUT2D eigenvalue weighted by Gasteiger charge is -2.32. The number of morpholine rings is 1. The van der Waals surface area contributed by atoms with Crippen LogP contribution in [0, 0.1) is 0 Å². The van der Waals surface area contributed by atoms with Crippen LogP contribution in [0.25, 0.3) is 0 Å². The maximum Gasteiger partial charge on any atom is 0.131 e. The highest BCUT2D eigenvalue weighted by Gasteiger charge is 2.26. The lowest BCUT2D eigenvalue weighted by Crippen LogP contribution is -2.41. The number of nitrogen functional groups attached to an aromatic ring is 1. The van der Waals surface area contributed by atoms with Crippen molar-refractivity contribution in [1.29, 1.82) is 0 Å². The van der Waals surface area contributed by atoms with Gasteiger partial charge in [-0.25, -0.2) is 4.98 Å². The molecule has 0 aromatic carbocycles. The first kappa shape index (κ1) is 10.8. The monoisotopic (exact) mass is 233 g/mol. The molecule has 0 unspecified atom stereocenters. The third-order valence-corrected chi connectivity index (χ3v) is 3.47. The van der Waals surface area contributed by atoms with Gasteiger partial charge in [-0.3, -0.25) is 0 Å². The van der Waals surface area contributed by atoms with Gasteiger partial charge in [-0.1, -0.05) is 0 Å². The molecule has 1 saturated heterocycles. The maximum absolute atomic E-state index is 5.90. The largest absolute Gasteiger partial charge is 0.384 e. The van der Waals surface area contributed by atoms with Crippen LogP contribution < -0.4 is 10.6 Å². The smallest absolute Gasteiger partial charge is 0.131 e. The first-order valence-corrected chi connectivity index (χ1v) is 6.36. The Morgan fingerprint density at radius 1 is 1.41 bits per heavy atom. The molecule has 0 amide bonds. The minimum absolute atomic E-state index is 0.274. The zero-order chi connectivity index (χ0) is 11.8. The van der Waals surface area contributed by atoms with Gasteiger partial charge in [-0.2, -0.15) is 0 Å². The van der Waals surface area contributed by atoms with Crippen molar-refractivity contribution in [1.82, 2.24) is 4.98 Å². The van der Waals surface area contributed by atoms with Crippen LogP contribution in [0.15, 0.2) is 12.1 Å². The summed E-state index contributed by atoms with van der Waals surface area (Å²) in [6.45, 7) is 4.68. The number of ether oxygens (including phenoxy) is 1. The molecule has 2 fully saturated rings. The van der Waals surface area contributed by atoms with Crippen LogP contribution in [0.3, 0.4) is 0 Å². The number of aromatic nitrogens is 1. The van der Waals surface area contributed by atoms with Crippen molar-refractivity contribution in [2.24, 2.45) is 0 Å². The fourth-order valence-electron chi connectivity index (χ4n) is 2.40. The summed E-state index contributed by atoms with van der Waals surface area (Å²) in [6, 6.07) is 4.22. The summed E-state index contributed by atoms with van der Waals surface area (Å²) in [7, 11) is 0. The number of rotatable bonds is 2. The molecule has 1 saturated carbocycles. The van der Waals surface area contributed by atoms with E-state index >= 15 is 0 Å². The zero-order valence-electron chi connectivity index (χ0n) is 10.2. The van der Waals surface area contributed by atoms with E-state index < -0.39 is 0 Å². The number of hydrogen-bond acceptors (Lipinski definition) is 4. The summed E-state index contributed by atoms with van der Waals surface area (Å²) in [5.41, 5.74) is 7.25. The van der Waals surface area contributed by atoms with Gasteiger partial charge in [0, 0.05) is 13.1 Å². The van der Waals surface area contributed by atoms with Gasteiger partial charge in [0.05, 0.1) is 12.7 Å². The summed E-state index contributed by atoms with van der Waals surface area (Å²) in [5.74, 6) is 2.38. The van der Waals surface area contributed by atoms with Gasteiger partial charge >= 0.3 is 0 Å². The van der Waals surface area contributed by atoms with Gasteiger partial charge in [0.1, 0.15) is 11.6 Å². The van der Waals surface area contributed by atoms with Gasteiger partial charge in [0.2, 0.25) is 0 Å². The van der Waals surface area contributed by atoms with Crippen molar-refractivity contribution >= 4 is 11.6 Å². The molecule has 1 aromatic heterocycles. The van der Waals surface area contributed by atoms with Crippen molar-refractivity contribution in [2.45, 2.75) is 31.8 Å². The average molecular weight is 233 g/mol. The van der Waals surface area contributed by atoms with Crippen LogP contribution in [0.2, 0.25) is 0 Å². The molecule has 1 aliphatic heterocycles. The van der Waals surface area contributed by atoms with Crippen LogP contribution in [0.5, 0.6) is 0 Å². The van der Waals surface area contributed by atoms with Crippen molar-refractivity contribution in [3.63, 3.8) is 0 Å². The average Bonchev–Trinajstić information content (AvgIpc) is 3.12. The highest BCUT2D eigenvalue weighted by Crippen LogP contribution is 2.41. The number of pyridine rings is 1. The van der Waals surface area contributed by atoms with E-state index in [-0.39, 0.29) is 6.10 Å². The number of anilines is 2. The molecule has 4 nitrogen and oxygen atoms in total. The Morgan fingerprint density at radius 2 is 2.24 bits per heavy atom. The predicted octanol–water partition coefficient (Wildman–Crippen LogP) is 1.77. The summed E-state index contributed by atoms with van der Waals surface area (Å²) in [5, 5.41) is 0. The number of nitrogens with two attached hydrogens (primary N) is 1. The van der Waals surface area contributed by atoms with E-state index in [1.54, 1.807) is 0 Å². The van der Waals surface area contributed by atoms with E-state index in [1.165, 1.54) is 18.4 Å². The van der Waals surface area contributed by atoms with E-state index in [0.717, 1.165) is 31.4 Å². The first-order valence-electron chi connectivity index (χ1n) is 6.36. The second kappa shape index (κ2) is 4.18. The summed E-state index contributed by atoms with van der Waals surface area (Å²) in [6.07, 6.45) is 2.86. The van der Waals surface area contributed by atoms with Crippen molar-refractivity contribution in [3.05, 3.63) is 17.7 Å². The maximum atomic E-state index is 5.90. The van der Waals surface area contributed by atoms with Crippen LogP contribution >= 0.6 is 0 Å². The van der Waals surface area contributed by atoms with Crippen LogP contribution in [-0.2, 0) is 4.74 Å². The minimum atomic E-state index is 0.274. The molecule has 1 aliphatic carbocycles. The molecule has 0 bridgehead atoms. The molecule has 4 heteroatoms. The molecule has 3 rings (SSSR count). The van der Waals surface area contributed by atoms with Crippen LogP contribution in [-0.4, -0.2) is 30.8 Å². The molecule has 1 atom stereocenters. The highest BCUT2D eigenvalue weighted by molar-refractivity contribution is 5.50. The van der Waals surface area contributed by atoms with Crippen molar-refractivity contribution in [3.8, 4) is 0 Å². The number of hydrogen-bond donors (Lipinski definition) is 1. The molecule has 2 heterocycles. The molecule has 0 spiro atoms. The molecular formula is C13H19N3O. The standard InChI is InChI=1S/C13H19N3O/c1-9-8-16(4-5-17-9)13-7-11(10-2-3-10)6-12(14)15-13/h6-7,9-10H,2-5,8H2,1H3,(H2,14,15)/t9-/m1/s1. The van der Waals surface area contributed by atoms with Gasteiger partial charge < -0.3 is 15.4 Å². The second-order valence-corrected chi connectivity index (χ2v) is 5.09. The van der Waals surface area contributed by atoms with Crippen molar-refractivity contribution < 1.29 is 4.74 Å². The fraction of sp³-hybridized carbons (Fsp3) is 0.615. The normalized spacial score (nSPS) is 25.0. The van der Waals surface area contributed by atoms with E-state index in [1.807, 2.05) is 6.07 Å². The second-order valence-electron chi connectivity index (χ2n) is 5.09. The third kappa shape index (κ3) is 2.36. The minimum Gasteiger partial charge on any atom is -0.384 e. The van der Waals surface area contributed by atoms with Crippen molar-refractivity contribution in [2.75, 3.05) is 30.3 Å². The van der Waals surface area contributed by atoms with Gasteiger partial charge in [-0.15, -0.1) is 0 Å². The Balaban J connectivity index is 1.85. The molecule has 0 radical (unpaired) electrons. The molecule has 17 heavy (non-hydrogen) atoms. The Bertz CT molecular complexity index is 417. The molecular weight excluding hydrogens is 214 g/mol. The van der Waals surface area contributed by atoms with E-state index in [0.29, 0.717) is 5.82 Å². The number of nitrogens with zero attached hydrogens (tertiary/aromatic N) is 2. The van der Waals surface area contributed by atoms with E-state index in [2.05, 4.69) is 22.9 Å². The molecule has 92 valence electrons. The Kier molecular flexibility index (Phi) is 2.67. The van der Waals surface area contributed by atoms with E-state index in [9.17, 15) is 0 Å². The van der Waals surface area contributed by atoms with Crippen LogP contribution in [0.4, 0.5) is 11.6 Å². The highest BCUT2D eigenvalue weighted by atomic mass is 16.5. The molecule has 2 aliphatic rings. The quantitative estimate of drug-likeness (QED) is 0.845. The van der Waals surface area contributed by atoms with Crippen LogP contribution in [0.1, 0.15) is 31.2 Å². The lowest BCUT2D eigenvalue weighted by atomic mass is 10.1. The Morgan fingerprint density at radius 3 is 2.94 bits per heavy atom. The topological polar surface area (TPSA) is 51.4 Å². The Hall–Kier alpha value is -1.29. The zero-order valence-corrected chi connectivity index (χ0v) is 10.2. The van der Waals surface area contributed by atoms with Gasteiger partial charge in [0.25, 0.3) is 0 Å². The Labute approximate surface area is 102 Å². The first-order chi connectivity index (χ1) is 8.22. The van der Waals surface area contributed by atoms with Gasteiger partial charge in [0.15, 0.2) is 0 Å². The third-order valence-electron chi connectivity index (χ3n) is 3.47. The fourth-order valence-corrected chi connectivity index (χ4v) is 2.40. The van der Waals surface area contributed by atoms with Gasteiger partial charge in [-0.05, 0) is 43.4 Å². The predicted molar refractivity (Wildman–Crippen MR) is 68.3 cm³/mol. The molecule has 2 N–H and O–H groups in total.